The van der Waals surface area contributed by atoms with Gasteiger partial charge in [-0.2, -0.15) is 0 Å². The summed E-state index contributed by atoms with van der Waals surface area (Å²) in [6.07, 6.45) is 0.785. The van der Waals surface area contributed by atoms with Crippen LogP contribution >= 0.6 is 11.8 Å². The van der Waals surface area contributed by atoms with Crippen molar-refractivity contribution in [3.05, 3.63) is 42.5 Å². The van der Waals surface area contributed by atoms with Crippen molar-refractivity contribution in [2.75, 3.05) is 5.75 Å². The van der Waals surface area contributed by atoms with Crippen molar-refractivity contribution >= 4 is 22.5 Å². The molecule has 1 N–H and O–H groups in total. The summed E-state index contributed by atoms with van der Waals surface area (Å²) in [5.41, 5.74) is -0.573. The fraction of sp³-hybridized carbons (Fsp3) is 0.333. The van der Waals surface area contributed by atoms with Gasteiger partial charge >= 0.3 is 0 Å². The third kappa shape index (κ3) is 3.24. The van der Waals surface area contributed by atoms with Gasteiger partial charge in [0.05, 0.1) is 5.60 Å². The Kier molecular flexibility index (Phi) is 3.75. The van der Waals surface area contributed by atoms with Crippen LogP contribution in [0.3, 0.4) is 0 Å². The summed E-state index contributed by atoms with van der Waals surface area (Å²) in [7, 11) is 0. The molecule has 0 radical (unpaired) electrons. The van der Waals surface area contributed by atoms with E-state index in [4.69, 9.17) is 0 Å². The van der Waals surface area contributed by atoms with Crippen molar-refractivity contribution in [3.8, 4) is 0 Å². The third-order valence-corrected chi connectivity index (χ3v) is 4.39. The second-order valence-electron chi connectivity index (χ2n) is 4.65. The molecule has 2 rings (SSSR count). The van der Waals surface area contributed by atoms with E-state index in [1.807, 2.05) is 13.8 Å². The molecule has 0 saturated carbocycles. The molecule has 0 aliphatic carbocycles. The quantitative estimate of drug-likeness (QED) is 0.820. The van der Waals surface area contributed by atoms with Gasteiger partial charge < -0.3 is 5.11 Å². The lowest BCUT2D eigenvalue weighted by molar-refractivity contribution is 0.0816. The zero-order valence-electron chi connectivity index (χ0n) is 10.3. The van der Waals surface area contributed by atoms with E-state index >= 15 is 0 Å². The second kappa shape index (κ2) is 5.11. The maximum absolute atomic E-state index is 9.98. The molecule has 0 heterocycles. The standard InChI is InChI=1S/C15H18OS/c1-3-15(2,16)11-17-14-9-8-12-6-4-5-7-13(12)10-14/h4-10,16H,3,11H2,1-2H3. The number of hydrogen-bond donors (Lipinski definition) is 1. The maximum Gasteiger partial charge on any atom is 0.0710 e. The van der Waals surface area contributed by atoms with E-state index in [9.17, 15) is 5.11 Å². The summed E-state index contributed by atoms with van der Waals surface area (Å²) in [6.45, 7) is 3.90. The molecule has 0 spiro atoms. The Labute approximate surface area is 107 Å². The van der Waals surface area contributed by atoms with Gasteiger partial charge in [-0.3, -0.25) is 0 Å². The van der Waals surface area contributed by atoms with Crippen molar-refractivity contribution < 1.29 is 5.11 Å². The molecule has 90 valence electrons. The van der Waals surface area contributed by atoms with E-state index < -0.39 is 5.60 Å². The lowest BCUT2D eigenvalue weighted by Gasteiger charge is -2.20. The van der Waals surface area contributed by atoms with Gasteiger partial charge in [0.15, 0.2) is 0 Å². The fourth-order valence-electron chi connectivity index (χ4n) is 1.60. The van der Waals surface area contributed by atoms with Crippen LogP contribution in [0, 0.1) is 0 Å². The average molecular weight is 246 g/mol. The van der Waals surface area contributed by atoms with Crippen LogP contribution in [0.15, 0.2) is 47.4 Å². The SMILES string of the molecule is CCC(C)(O)CSc1ccc2ccccc2c1. The predicted molar refractivity (Wildman–Crippen MR) is 75.6 cm³/mol. The lowest BCUT2D eigenvalue weighted by atomic mass is 10.1. The Hall–Kier alpha value is -0.990. The number of aliphatic hydroxyl groups is 1. The molecule has 0 aliphatic rings. The van der Waals surface area contributed by atoms with Crippen LogP contribution < -0.4 is 0 Å². The summed E-state index contributed by atoms with van der Waals surface area (Å²) in [5.74, 6) is 0.738. The average Bonchev–Trinajstić information content (AvgIpc) is 2.36. The van der Waals surface area contributed by atoms with E-state index in [-0.39, 0.29) is 0 Å². The maximum atomic E-state index is 9.98. The Morgan fingerprint density at radius 2 is 1.82 bits per heavy atom. The fourth-order valence-corrected chi connectivity index (χ4v) is 2.65. The first-order valence-corrected chi connectivity index (χ1v) is 6.93. The number of rotatable bonds is 4. The Balaban J connectivity index is 2.14. The monoisotopic (exact) mass is 246 g/mol. The topological polar surface area (TPSA) is 20.2 Å². The molecular formula is C15H18OS. The summed E-state index contributed by atoms with van der Waals surface area (Å²) < 4.78 is 0. The minimum Gasteiger partial charge on any atom is -0.389 e. The first kappa shape index (κ1) is 12.5. The number of thioether (sulfide) groups is 1. The molecule has 1 nitrogen and oxygen atoms in total. The van der Waals surface area contributed by atoms with E-state index in [0.29, 0.717) is 0 Å². The van der Waals surface area contributed by atoms with Gasteiger partial charge in [0.2, 0.25) is 0 Å². The predicted octanol–water partition coefficient (Wildman–Crippen LogP) is 4.09. The molecule has 0 aromatic heterocycles. The summed E-state index contributed by atoms with van der Waals surface area (Å²) in [5, 5.41) is 12.5. The van der Waals surface area contributed by atoms with E-state index in [2.05, 4.69) is 42.5 Å². The summed E-state index contributed by atoms with van der Waals surface area (Å²) in [6, 6.07) is 14.8. The van der Waals surface area contributed by atoms with Crippen LogP contribution in [0.1, 0.15) is 20.3 Å². The van der Waals surface area contributed by atoms with Crippen LogP contribution in [0.5, 0.6) is 0 Å². The van der Waals surface area contributed by atoms with Crippen LogP contribution in [0.2, 0.25) is 0 Å². The van der Waals surface area contributed by atoms with Crippen LogP contribution in [-0.4, -0.2) is 16.5 Å². The van der Waals surface area contributed by atoms with Gasteiger partial charge in [-0.05, 0) is 36.2 Å². The zero-order valence-corrected chi connectivity index (χ0v) is 11.1. The molecule has 0 amide bonds. The Bertz CT molecular complexity index is 505. The molecular weight excluding hydrogens is 228 g/mol. The summed E-state index contributed by atoms with van der Waals surface area (Å²) >= 11 is 1.72. The second-order valence-corrected chi connectivity index (χ2v) is 5.70. The minimum absolute atomic E-state index is 0.573. The highest BCUT2D eigenvalue weighted by Gasteiger charge is 2.17. The largest absolute Gasteiger partial charge is 0.389 e. The Morgan fingerprint density at radius 1 is 1.12 bits per heavy atom. The smallest absolute Gasteiger partial charge is 0.0710 e. The number of fused-ring (bicyclic) bond motifs is 1. The lowest BCUT2D eigenvalue weighted by Crippen LogP contribution is -2.25. The van der Waals surface area contributed by atoms with E-state index in [1.54, 1.807) is 11.8 Å². The highest BCUT2D eigenvalue weighted by Crippen LogP contribution is 2.27. The molecule has 0 bridgehead atoms. The number of benzene rings is 2. The van der Waals surface area contributed by atoms with Gasteiger partial charge in [0.25, 0.3) is 0 Å². The van der Waals surface area contributed by atoms with Crippen LogP contribution in [-0.2, 0) is 0 Å². The molecule has 2 aromatic rings. The molecule has 17 heavy (non-hydrogen) atoms. The van der Waals surface area contributed by atoms with Gasteiger partial charge in [-0.15, -0.1) is 11.8 Å². The third-order valence-electron chi connectivity index (χ3n) is 3.03. The van der Waals surface area contributed by atoms with Crippen molar-refractivity contribution in [1.82, 2.24) is 0 Å². The van der Waals surface area contributed by atoms with Crippen molar-refractivity contribution in [1.29, 1.82) is 0 Å². The van der Waals surface area contributed by atoms with Crippen molar-refractivity contribution in [2.45, 2.75) is 30.8 Å². The van der Waals surface area contributed by atoms with Gasteiger partial charge in [0, 0.05) is 10.6 Å². The molecule has 1 unspecified atom stereocenters. The van der Waals surface area contributed by atoms with Crippen molar-refractivity contribution in [2.24, 2.45) is 0 Å². The minimum atomic E-state index is -0.573. The first-order chi connectivity index (χ1) is 8.11. The van der Waals surface area contributed by atoms with Crippen molar-refractivity contribution in [3.63, 3.8) is 0 Å². The molecule has 2 aromatic carbocycles. The molecule has 1 atom stereocenters. The highest BCUT2D eigenvalue weighted by atomic mass is 32.2. The number of hydrogen-bond acceptors (Lipinski definition) is 2. The van der Waals surface area contributed by atoms with Gasteiger partial charge in [0.1, 0.15) is 0 Å². The highest BCUT2D eigenvalue weighted by molar-refractivity contribution is 7.99. The normalized spacial score (nSPS) is 14.8. The van der Waals surface area contributed by atoms with Crippen LogP contribution in [0.25, 0.3) is 10.8 Å². The molecule has 2 heteroatoms. The van der Waals surface area contributed by atoms with E-state index in [0.717, 1.165) is 12.2 Å². The van der Waals surface area contributed by atoms with Crippen LogP contribution in [0.4, 0.5) is 0 Å². The molecule has 0 fully saturated rings. The van der Waals surface area contributed by atoms with E-state index in [1.165, 1.54) is 15.7 Å². The summed E-state index contributed by atoms with van der Waals surface area (Å²) in [4.78, 5) is 1.22. The zero-order chi connectivity index (χ0) is 12.3. The van der Waals surface area contributed by atoms with Gasteiger partial charge in [-0.1, -0.05) is 37.3 Å². The Morgan fingerprint density at radius 3 is 2.53 bits per heavy atom. The molecule has 0 saturated heterocycles. The van der Waals surface area contributed by atoms with Gasteiger partial charge in [-0.25, -0.2) is 0 Å². The molecule has 0 aliphatic heterocycles. The first-order valence-electron chi connectivity index (χ1n) is 5.95.